The van der Waals surface area contributed by atoms with Crippen LogP contribution in [0.5, 0.6) is 0 Å². The van der Waals surface area contributed by atoms with E-state index < -0.39 is 34.6 Å². The molecule has 3 N–H and O–H groups in total. The van der Waals surface area contributed by atoms with Crippen molar-refractivity contribution in [1.82, 2.24) is 10.2 Å². The number of fused-ring (bicyclic) bond motifs is 2. The third kappa shape index (κ3) is 4.00. The summed E-state index contributed by atoms with van der Waals surface area (Å²) in [6, 6.07) is 0. The van der Waals surface area contributed by atoms with E-state index in [0.717, 1.165) is 32.2 Å². The number of nitrogens with zero attached hydrogens (tertiary/aromatic N) is 1. The molecule has 3 saturated carbocycles. The van der Waals surface area contributed by atoms with E-state index in [4.69, 9.17) is 0 Å². The lowest BCUT2D eigenvalue weighted by Crippen LogP contribution is -2.67. The normalized spacial score (nSPS) is 41.4. The first-order chi connectivity index (χ1) is 16.8. The maximum Gasteiger partial charge on any atom is 0.309 e. The standard InChI is InChI=1S/C29H46N2O5/c1-17(2)19-16-29-12-9-20-27(3,10-7-11-28(20,4)26(35)36)21(29)15-18(19)22(23(29)25(33)34)24(32)30-13-8-14-31(5)6/h16-18,20-23H,7-15H2,1-6H3,(H,30,32)(H,33,34)(H,35,36)/t18-,20-,21-,22-,23+,27-,28+,29+/m0/s1. The second-order valence-electron chi connectivity index (χ2n) is 13.3. The molecule has 202 valence electrons. The van der Waals surface area contributed by atoms with Gasteiger partial charge < -0.3 is 20.4 Å². The number of allylic oxidation sites excluding steroid dienone is 2. The van der Waals surface area contributed by atoms with Crippen molar-refractivity contribution in [3.8, 4) is 0 Å². The average molecular weight is 503 g/mol. The SMILES string of the molecule is CC(C)C1=C[C@]23CC[C@H]4[C@](C)(CCC[C@@]4(C)C(=O)O)[C@@H]2C[C@@H]1[C@H](C(=O)NCCCN(C)C)[C@@H]3C(=O)O. The van der Waals surface area contributed by atoms with Crippen molar-refractivity contribution in [3.63, 3.8) is 0 Å². The van der Waals surface area contributed by atoms with Crippen molar-refractivity contribution in [2.24, 2.45) is 51.8 Å². The van der Waals surface area contributed by atoms with Crippen LogP contribution in [0.2, 0.25) is 0 Å². The Bertz CT molecular complexity index is 944. The zero-order valence-electron chi connectivity index (χ0n) is 23.0. The van der Waals surface area contributed by atoms with Gasteiger partial charge in [0, 0.05) is 12.0 Å². The number of carboxylic acid groups (broad SMARTS) is 2. The van der Waals surface area contributed by atoms with E-state index in [1.807, 2.05) is 21.0 Å². The number of aliphatic carboxylic acids is 2. The Kier molecular flexibility index (Phi) is 7.13. The van der Waals surface area contributed by atoms with Crippen molar-refractivity contribution < 1.29 is 24.6 Å². The van der Waals surface area contributed by atoms with Gasteiger partial charge in [-0.3, -0.25) is 14.4 Å². The quantitative estimate of drug-likeness (QED) is 0.338. The Hall–Kier alpha value is -1.89. The van der Waals surface area contributed by atoms with Gasteiger partial charge in [0.25, 0.3) is 0 Å². The second kappa shape index (κ2) is 9.45. The molecule has 7 nitrogen and oxygen atoms in total. The molecular weight excluding hydrogens is 456 g/mol. The summed E-state index contributed by atoms with van der Waals surface area (Å²) in [4.78, 5) is 41.2. The van der Waals surface area contributed by atoms with Crippen LogP contribution in [0.4, 0.5) is 0 Å². The predicted octanol–water partition coefficient (Wildman–Crippen LogP) is 4.28. The molecule has 0 heterocycles. The van der Waals surface area contributed by atoms with Crippen LogP contribution in [0.15, 0.2) is 11.6 Å². The summed E-state index contributed by atoms with van der Waals surface area (Å²) in [5.74, 6) is -2.84. The molecular formula is C29H46N2O5. The third-order valence-corrected chi connectivity index (χ3v) is 10.8. The lowest BCUT2D eigenvalue weighted by molar-refractivity contribution is -0.204. The predicted molar refractivity (Wildman–Crippen MR) is 138 cm³/mol. The van der Waals surface area contributed by atoms with Gasteiger partial charge in [-0.15, -0.1) is 0 Å². The van der Waals surface area contributed by atoms with E-state index in [9.17, 15) is 24.6 Å². The van der Waals surface area contributed by atoms with Crippen LogP contribution in [-0.4, -0.2) is 60.1 Å². The topological polar surface area (TPSA) is 107 Å². The van der Waals surface area contributed by atoms with Gasteiger partial charge in [-0.25, -0.2) is 0 Å². The first-order valence-corrected chi connectivity index (χ1v) is 13.9. The van der Waals surface area contributed by atoms with Crippen molar-refractivity contribution in [2.45, 2.75) is 72.6 Å². The summed E-state index contributed by atoms with van der Waals surface area (Å²) >= 11 is 0. The lowest BCUT2D eigenvalue weighted by Gasteiger charge is -2.69. The molecule has 0 unspecified atom stereocenters. The minimum Gasteiger partial charge on any atom is -0.481 e. The number of nitrogens with one attached hydrogen (secondary N) is 1. The highest BCUT2D eigenvalue weighted by Gasteiger charge is 2.70. The fraction of sp³-hybridized carbons (Fsp3) is 0.828. The molecule has 0 aromatic heterocycles. The molecule has 36 heavy (non-hydrogen) atoms. The van der Waals surface area contributed by atoms with Crippen LogP contribution in [0, 0.1) is 51.8 Å². The number of amides is 1. The van der Waals surface area contributed by atoms with E-state index in [1.165, 1.54) is 5.57 Å². The Morgan fingerprint density at radius 3 is 2.39 bits per heavy atom. The monoisotopic (exact) mass is 502 g/mol. The van der Waals surface area contributed by atoms with Gasteiger partial charge in [0.15, 0.2) is 0 Å². The van der Waals surface area contributed by atoms with E-state index in [2.05, 4.69) is 37.1 Å². The van der Waals surface area contributed by atoms with Crippen LogP contribution in [-0.2, 0) is 14.4 Å². The summed E-state index contributed by atoms with van der Waals surface area (Å²) in [6.07, 6.45) is 7.68. The Balaban J connectivity index is 1.74. The molecule has 1 amide bonds. The minimum absolute atomic E-state index is 0.0230. The first-order valence-electron chi connectivity index (χ1n) is 13.9. The first kappa shape index (κ1) is 27.2. The van der Waals surface area contributed by atoms with Gasteiger partial charge in [0.2, 0.25) is 5.91 Å². The van der Waals surface area contributed by atoms with Crippen molar-refractivity contribution >= 4 is 17.8 Å². The number of hydrogen-bond acceptors (Lipinski definition) is 4. The van der Waals surface area contributed by atoms with Crippen molar-refractivity contribution in [3.05, 3.63) is 11.6 Å². The maximum atomic E-state index is 13.6. The lowest BCUT2D eigenvalue weighted by atomic mass is 9.34. The van der Waals surface area contributed by atoms with Gasteiger partial charge in [-0.05, 0) is 95.2 Å². The highest BCUT2D eigenvalue weighted by atomic mass is 16.4. The number of carbonyl (C=O) groups excluding carboxylic acids is 1. The van der Waals surface area contributed by atoms with Crippen molar-refractivity contribution in [2.75, 3.05) is 27.2 Å². The zero-order valence-corrected chi connectivity index (χ0v) is 23.0. The average Bonchev–Trinajstić information content (AvgIpc) is 2.79. The van der Waals surface area contributed by atoms with Crippen LogP contribution in [0.3, 0.4) is 0 Å². The van der Waals surface area contributed by atoms with Gasteiger partial charge in [0.05, 0.1) is 17.3 Å². The number of hydrogen-bond donors (Lipinski definition) is 3. The highest BCUT2D eigenvalue weighted by Crippen LogP contribution is 2.73. The zero-order chi connectivity index (χ0) is 26.6. The number of rotatable bonds is 8. The van der Waals surface area contributed by atoms with E-state index in [0.29, 0.717) is 25.8 Å². The molecule has 5 aliphatic carbocycles. The van der Waals surface area contributed by atoms with Gasteiger partial charge in [-0.1, -0.05) is 38.8 Å². The smallest absolute Gasteiger partial charge is 0.309 e. The summed E-state index contributed by atoms with van der Waals surface area (Å²) in [7, 11) is 4.00. The molecule has 5 aliphatic rings. The Morgan fingerprint density at radius 1 is 1.11 bits per heavy atom. The molecule has 0 radical (unpaired) electrons. The highest BCUT2D eigenvalue weighted by molar-refractivity contribution is 5.87. The Morgan fingerprint density at radius 2 is 1.81 bits per heavy atom. The van der Waals surface area contributed by atoms with E-state index in [-0.39, 0.29) is 35.0 Å². The fourth-order valence-corrected chi connectivity index (χ4v) is 9.31. The Labute approximate surface area is 216 Å². The molecule has 1 spiro atoms. The summed E-state index contributed by atoms with van der Waals surface area (Å²) in [6.45, 7) is 9.85. The molecule has 3 fully saturated rings. The fourth-order valence-electron chi connectivity index (χ4n) is 9.31. The van der Waals surface area contributed by atoms with Gasteiger partial charge >= 0.3 is 11.9 Å². The minimum atomic E-state index is -0.879. The molecule has 2 bridgehead atoms. The summed E-state index contributed by atoms with van der Waals surface area (Å²) in [5.41, 5.74) is -0.399. The van der Waals surface area contributed by atoms with E-state index >= 15 is 0 Å². The van der Waals surface area contributed by atoms with Crippen molar-refractivity contribution in [1.29, 1.82) is 0 Å². The third-order valence-electron chi connectivity index (χ3n) is 10.8. The summed E-state index contributed by atoms with van der Waals surface area (Å²) < 4.78 is 0. The van der Waals surface area contributed by atoms with Crippen LogP contribution >= 0.6 is 0 Å². The van der Waals surface area contributed by atoms with Crippen LogP contribution in [0.1, 0.15) is 72.6 Å². The van der Waals surface area contributed by atoms with E-state index in [1.54, 1.807) is 0 Å². The number of carbonyl (C=O) groups is 3. The molecule has 0 aromatic rings. The van der Waals surface area contributed by atoms with Gasteiger partial charge in [-0.2, -0.15) is 0 Å². The molecule has 0 saturated heterocycles. The maximum absolute atomic E-state index is 13.6. The molecule has 8 atom stereocenters. The summed E-state index contributed by atoms with van der Waals surface area (Å²) in [5, 5.41) is 24.0. The second-order valence-corrected chi connectivity index (χ2v) is 13.3. The van der Waals surface area contributed by atoms with Crippen LogP contribution in [0.25, 0.3) is 0 Å². The largest absolute Gasteiger partial charge is 0.481 e. The van der Waals surface area contributed by atoms with Gasteiger partial charge in [0.1, 0.15) is 0 Å². The number of carboxylic acids is 2. The molecule has 7 heteroatoms. The van der Waals surface area contributed by atoms with Crippen LogP contribution < -0.4 is 5.32 Å². The molecule has 5 rings (SSSR count). The molecule has 0 aliphatic heterocycles. The molecule has 0 aromatic carbocycles.